The predicted octanol–water partition coefficient (Wildman–Crippen LogP) is 2.27. The topological polar surface area (TPSA) is 41.1 Å². The summed E-state index contributed by atoms with van der Waals surface area (Å²) >= 11 is 0. The molecule has 3 nitrogen and oxygen atoms in total. The van der Waals surface area contributed by atoms with Crippen LogP contribution in [-0.2, 0) is 11.2 Å². The van der Waals surface area contributed by atoms with Gasteiger partial charge in [0.05, 0.1) is 5.41 Å². The summed E-state index contributed by atoms with van der Waals surface area (Å²) in [6.07, 6.45) is 5.20. The highest BCUT2D eigenvalue weighted by Crippen LogP contribution is 2.48. The summed E-state index contributed by atoms with van der Waals surface area (Å²) in [5.41, 5.74) is 1.15. The Hall–Kier alpha value is -1.35. The van der Waals surface area contributed by atoms with Gasteiger partial charge < -0.3 is 10.6 Å². The average molecular weight is 272 g/mol. The number of rotatable bonds is 4. The molecule has 1 aromatic carbocycles. The van der Waals surface area contributed by atoms with E-state index in [1.54, 1.807) is 0 Å². The second kappa shape index (κ2) is 5.57. The fraction of sp³-hybridized carbons (Fsp3) is 0.588. The van der Waals surface area contributed by atoms with Crippen molar-refractivity contribution in [2.45, 2.75) is 51.1 Å². The first-order valence-corrected chi connectivity index (χ1v) is 7.78. The van der Waals surface area contributed by atoms with E-state index in [2.05, 4.69) is 41.8 Å². The predicted molar refractivity (Wildman–Crippen MR) is 80.4 cm³/mol. The van der Waals surface area contributed by atoms with Crippen LogP contribution in [0.3, 0.4) is 0 Å². The molecule has 1 saturated carbocycles. The lowest BCUT2D eigenvalue weighted by Gasteiger charge is -2.32. The highest BCUT2D eigenvalue weighted by atomic mass is 16.2. The van der Waals surface area contributed by atoms with Crippen molar-refractivity contribution >= 4 is 5.91 Å². The lowest BCUT2D eigenvalue weighted by molar-refractivity contribution is -0.127. The Morgan fingerprint density at radius 1 is 1.35 bits per heavy atom. The second-order valence-corrected chi connectivity index (χ2v) is 6.41. The van der Waals surface area contributed by atoms with Gasteiger partial charge in [0.2, 0.25) is 5.91 Å². The average Bonchev–Trinajstić information content (AvgIpc) is 3.23. The van der Waals surface area contributed by atoms with Crippen molar-refractivity contribution in [2.75, 3.05) is 6.54 Å². The number of nitrogens with one attached hydrogen (secondary N) is 2. The molecule has 20 heavy (non-hydrogen) atoms. The van der Waals surface area contributed by atoms with Crippen molar-refractivity contribution in [3.63, 3.8) is 0 Å². The van der Waals surface area contributed by atoms with E-state index in [0.717, 1.165) is 38.6 Å². The Morgan fingerprint density at radius 3 is 2.75 bits per heavy atom. The number of carbonyl (C=O) groups is 1. The van der Waals surface area contributed by atoms with Gasteiger partial charge in [-0.25, -0.2) is 0 Å². The van der Waals surface area contributed by atoms with E-state index >= 15 is 0 Å². The van der Waals surface area contributed by atoms with Gasteiger partial charge in [0.25, 0.3) is 0 Å². The molecule has 2 atom stereocenters. The lowest BCUT2D eigenvalue weighted by atomic mass is 9.93. The van der Waals surface area contributed by atoms with Crippen molar-refractivity contribution in [2.24, 2.45) is 5.41 Å². The summed E-state index contributed by atoms with van der Waals surface area (Å²) in [5.74, 6) is 0.266. The van der Waals surface area contributed by atoms with E-state index in [0.29, 0.717) is 12.1 Å². The molecule has 2 fully saturated rings. The molecule has 1 aromatic rings. The molecule has 2 N–H and O–H groups in total. The summed E-state index contributed by atoms with van der Waals surface area (Å²) in [5, 5.41) is 6.73. The standard InChI is InChI=1S/C17H24N2O/c1-13-15(8-5-11-18-13)19-16(20)17(9-10-17)12-14-6-3-2-4-7-14/h2-4,6-7,13,15,18H,5,8-12H2,1H3,(H,19,20). The van der Waals surface area contributed by atoms with Crippen molar-refractivity contribution < 1.29 is 4.79 Å². The van der Waals surface area contributed by atoms with Crippen LogP contribution in [0.2, 0.25) is 0 Å². The van der Waals surface area contributed by atoms with Crippen molar-refractivity contribution in [1.82, 2.24) is 10.6 Å². The molecule has 3 rings (SSSR count). The Bertz CT molecular complexity index is 467. The molecule has 1 amide bonds. The molecule has 1 heterocycles. The van der Waals surface area contributed by atoms with E-state index in [1.165, 1.54) is 5.56 Å². The van der Waals surface area contributed by atoms with Crippen LogP contribution >= 0.6 is 0 Å². The Kier molecular flexibility index (Phi) is 3.79. The summed E-state index contributed by atoms with van der Waals surface area (Å²) in [4.78, 5) is 12.6. The molecule has 108 valence electrons. The summed E-state index contributed by atoms with van der Waals surface area (Å²) in [6, 6.07) is 11.1. The van der Waals surface area contributed by atoms with Gasteiger partial charge in [-0.2, -0.15) is 0 Å². The summed E-state index contributed by atoms with van der Waals surface area (Å²) in [7, 11) is 0. The zero-order chi connectivity index (χ0) is 14.0. The van der Waals surface area contributed by atoms with Crippen LogP contribution in [0.4, 0.5) is 0 Å². The first kappa shape index (κ1) is 13.6. The number of hydrogen-bond acceptors (Lipinski definition) is 2. The van der Waals surface area contributed by atoms with Gasteiger partial charge >= 0.3 is 0 Å². The number of piperidine rings is 1. The second-order valence-electron chi connectivity index (χ2n) is 6.41. The molecule has 1 aliphatic heterocycles. The van der Waals surface area contributed by atoms with Crippen LogP contribution in [0.15, 0.2) is 30.3 Å². The fourth-order valence-corrected chi connectivity index (χ4v) is 3.18. The molecule has 3 heteroatoms. The lowest BCUT2D eigenvalue weighted by Crippen LogP contribution is -2.53. The van der Waals surface area contributed by atoms with Crippen LogP contribution in [-0.4, -0.2) is 24.5 Å². The molecule has 0 spiro atoms. The number of hydrogen-bond donors (Lipinski definition) is 2. The summed E-state index contributed by atoms with van der Waals surface area (Å²) in [6.45, 7) is 3.24. The van der Waals surface area contributed by atoms with Crippen LogP contribution in [0.1, 0.15) is 38.2 Å². The molecular weight excluding hydrogens is 248 g/mol. The monoisotopic (exact) mass is 272 g/mol. The van der Waals surface area contributed by atoms with Gasteiger partial charge in [-0.15, -0.1) is 0 Å². The molecule has 0 aromatic heterocycles. The molecule has 2 aliphatic rings. The highest BCUT2D eigenvalue weighted by Gasteiger charge is 2.50. The fourth-order valence-electron chi connectivity index (χ4n) is 3.18. The largest absolute Gasteiger partial charge is 0.351 e. The smallest absolute Gasteiger partial charge is 0.226 e. The SMILES string of the molecule is CC1NCCCC1NC(=O)C1(Cc2ccccc2)CC1. The van der Waals surface area contributed by atoms with Crippen molar-refractivity contribution in [1.29, 1.82) is 0 Å². The molecule has 1 saturated heterocycles. The molecular formula is C17H24N2O. The van der Waals surface area contributed by atoms with E-state index in [-0.39, 0.29) is 11.3 Å². The van der Waals surface area contributed by atoms with Crippen molar-refractivity contribution in [3.05, 3.63) is 35.9 Å². The normalized spacial score (nSPS) is 27.9. The zero-order valence-corrected chi connectivity index (χ0v) is 12.2. The molecule has 1 aliphatic carbocycles. The van der Waals surface area contributed by atoms with Gasteiger partial charge in [0, 0.05) is 12.1 Å². The minimum atomic E-state index is -0.126. The first-order chi connectivity index (χ1) is 9.70. The Balaban J connectivity index is 1.61. The van der Waals surface area contributed by atoms with Gasteiger partial charge in [0.1, 0.15) is 0 Å². The maximum absolute atomic E-state index is 12.6. The third-order valence-electron chi connectivity index (χ3n) is 4.80. The zero-order valence-electron chi connectivity index (χ0n) is 12.2. The maximum atomic E-state index is 12.6. The highest BCUT2D eigenvalue weighted by molar-refractivity contribution is 5.86. The van der Waals surface area contributed by atoms with Gasteiger partial charge in [-0.05, 0) is 51.1 Å². The van der Waals surface area contributed by atoms with Crippen LogP contribution in [0, 0.1) is 5.41 Å². The number of benzene rings is 1. The molecule has 2 unspecified atom stereocenters. The Morgan fingerprint density at radius 2 is 2.10 bits per heavy atom. The summed E-state index contributed by atoms with van der Waals surface area (Å²) < 4.78 is 0. The molecule has 0 radical (unpaired) electrons. The minimum absolute atomic E-state index is 0.126. The van der Waals surface area contributed by atoms with Crippen molar-refractivity contribution in [3.8, 4) is 0 Å². The minimum Gasteiger partial charge on any atom is -0.351 e. The van der Waals surface area contributed by atoms with E-state index in [9.17, 15) is 4.79 Å². The van der Waals surface area contributed by atoms with Gasteiger partial charge in [0.15, 0.2) is 0 Å². The third kappa shape index (κ3) is 2.88. The van der Waals surface area contributed by atoms with Crippen LogP contribution in [0.25, 0.3) is 0 Å². The van der Waals surface area contributed by atoms with Crippen LogP contribution in [0.5, 0.6) is 0 Å². The molecule has 0 bridgehead atoms. The third-order valence-corrected chi connectivity index (χ3v) is 4.80. The van der Waals surface area contributed by atoms with Crippen LogP contribution < -0.4 is 10.6 Å². The maximum Gasteiger partial charge on any atom is 0.226 e. The van der Waals surface area contributed by atoms with E-state index in [1.807, 2.05) is 6.07 Å². The van der Waals surface area contributed by atoms with E-state index < -0.39 is 0 Å². The van der Waals surface area contributed by atoms with E-state index in [4.69, 9.17) is 0 Å². The number of carbonyl (C=O) groups excluding carboxylic acids is 1. The first-order valence-electron chi connectivity index (χ1n) is 7.78. The van der Waals surface area contributed by atoms with Gasteiger partial charge in [-0.1, -0.05) is 30.3 Å². The quantitative estimate of drug-likeness (QED) is 0.883. The van der Waals surface area contributed by atoms with Gasteiger partial charge in [-0.3, -0.25) is 4.79 Å². The number of amides is 1. The Labute approximate surface area is 121 Å².